The molecule has 0 aliphatic carbocycles. The fraction of sp³-hybridized carbons (Fsp3) is 0. The summed E-state index contributed by atoms with van der Waals surface area (Å²) in [6.45, 7) is 0. The van der Waals surface area contributed by atoms with Crippen LogP contribution in [0.5, 0.6) is 0 Å². The first kappa shape index (κ1) is 29.1. The van der Waals surface area contributed by atoms with Crippen LogP contribution in [0.25, 0.3) is 103 Å². The van der Waals surface area contributed by atoms with Crippen molar-refractivity contribution in [3.05, 3.63) is 176 Å². The average Bonchev–Trinajstić information content (AvgIpc) is 3.78. The maximum Gasteiger partial charge on any atom is 0.160 e. The van der Waals surface area contributed by atoms with Gasteiger partial charge in [-0.25, -0.2) is 9.97 Å². The molecule has 0 radical (unpaired) electrons. The van der Waals surface area contributed by atoms with Gasteiger partial charge in [-0.05, 0) is 52.6 Å². The van der Waals surface area contributed by atoms with Crippen molar-refractivity contribution in [1.29, 1.82) is 0 Å². The Bertz CT molecular complexity index is 3100. The van der Waals surface area contributed by atoms with Crippen LogP contribution in [-0.4, -0.2) is 14.5 Å². The van der Waals surface area contributed by atoms with Gasteiger partial charge in [-0.2, -0.15) is 0 Å². The van der Waals surface area contributed by atoms with E-state index in [0.717, 1.165) is 33.8 Å². The maximum atomic E-state index is 5.11. The van der Waals surface area contributed by atoms with E-state index >= 15 is 0 Å². The van der Waals surface area contributed by atoms with Gasteiger partial charge in [0.15, 0.2) is 5.82 Å². The molecule has 242 valence electrons. The van der Waals surface area contributed by atoms with E-state index < -0.39 is 0 Å². The number of thiophene rings is 1. The number of hydrogen-bond donors (Lipinski definition) is 0. The van der Waals surface area contributed by atoms with E-state index in [0.29, 0.717) is 5.82 Å². The Balaban J connectivity index is 1.19. The van der Waals surface area contributed by atoms with Gasteiger partial charge in [-0.15, -0.1) is 11.3 Å². The lowest BCUT2D eigenvalue weighted by Gasteiger charge is -2.13. The van der Waals surface area contributed by atoms with E-state index in [1.54, 1.807) is 0 Å². The van der Waals surface area contributed by atoms with E-state index in [2.05, 4.69) is 156 Å². The van der Waals surface area contributed by atoms with Crippen LogP contribution < -0.4 is 0 Å². The summed E-state index contributed by atoms with van der Waals surface area (Å²) in [7, 11) is 0. The number of fused-ring (bicyclic) bond motifs is 12. The summed E-state index contributed by atoms with van der Waals surface area (Å²) in [5.74, 6) is 0.716. The average molecular weight is 680 g/mol. The second-order valence-electron chi connectivity index (χ2n) is 13.3. The van der Waals surface area contributed by atoms with Crippen molar-refractivity contribution in [1.82, 2.24) is 14.5 Å². The van der Waals surface area contributed by atoms with Gasteiger partial charge in [0, 0.05) is 58.7 Å². The molecule has 3 nitrogen and oxygen atoms in total. The topological polar surface area (TPSA) is 30.7 Å². The molecule has 0 spiro atoms. The summed E-state index contributed by atoms with van der Waals surface area (Å²) in [6.07, 6.45) is 0. The molecule has 0 amide bonds. The number of rotatable bonds is 4. The third kappa shape index (κ3) is 4.38. The van der Waals surface area contributed by atoms with E-state index in [4.69, 9.17) is 9.97 Å². The Labute approximate surface area is 303 Å². The van der Waals surface area contributed by atoms with Crippen molar-refractivity contribution in [2.24, 2.45) is 0 Å². The van der Waals surface area contributed by atoms with E-state index in [1.807, 2.05) is 35.6 Å². The molecule has 0 saturated carbocycles. The molecule has 11 aromatic rings. The summed E-state index contributed by atoms with van der Waals surface area (Å²) in [5.41, 5.74) is 8.46. The molecule has 8 aromatic carbocycles. The van der Waals surface area contributed by atoms with Crippen LogP contribution in [0.3, 0.4) is 0 Å². The van der Waals surface area contributed by atoms with Gasteiger partial charge in [0.25, 0.3) is 0 Å². The summed E-state index contributed by atoms with van der Waals surface area (Å²) in [5, 5.41) is 10.3. The van der Waals surface area contributed by atoms with Crippen molar-refractivity contribution in [2.75, 3.05) is 0 Å². The largest absolute Gasteiger partial charge is 0.309 e. The smallest absolute Gasteiger partial charge is 0.160 e. The zero-order valence-corrected chi connectivity index (χ0v) is 28.8. The van der Waals surface area contributed by atoms with Crippen LogP contribution in [0.2, 0.25) is 0 Å². The zero-order valence-electron chi connectivity index (χ0n) is 28.0. The van der Waals surface area contributed by atoms with Crippen molar-refractivity contribution >= 4 is 74.9 Å². The summed E-state index contributed by atoms with van der Waals surface area (Å²) >= 11 is 1.88. The quantitative estimate of drug-likeness (QED) is 0.173. The lowest BCUT2D eigenvalue weighted by molar-refractivity contribution is 1.17. The van der Waals surface area contributed by atoms with Crippen molar-refractivity contribution in [3.8, 4) is 39.6 Å². The van der Waals surface area contributed by atoms with Crippen molar-refractivity contribution < 1.29 is 0 Å². The Morgan fingerprint density at radius 2 is 0.942 bits per heavy atom. The first-order valence-electron chi connectivity index (χ1n) is 17.6. The molecule has 11 rings (SSSR count). The first-order chi connectivity index (χ1) is 25.8. The lowest BCUT2D eigenvalue weighted by Crippen LogP contribution is -1.97. The minimum absolute atomic E-state index is 0.716. The lowest BCUT2D eigenvalue weighted by atomic mass is 9.95. The van der Waals surface area contributed by atoms with Crippen molar-refractivity contribution in [2.45, 2.75) is 0 Å². The maximum absolute atomic E-state index is 5.11. The van der Waals surface area contributed by atoms with Gasteiger partial charge in [-0.1, -0.05) is 140 Å². The standard InChI is InChI=1S/C48H29N3S/c1-3-13-30(14-4-1)39-29-40(50-48(49-39)32-15-5-2-6-16-32)31-23-25-33(26-24-31)51-41-27-28-43-44(38-21-11-12-22-42(38)52-43)46(41)45-36-19-9-7-17-34(36)35-18-8-10-20-37(35)47(45)51/h1-29H. The number of aromatic nitrogens is 3. The van der Waals surface area contributed by atoms with Gasteiger partial charge in [-0.3, -0.25) is 0 Å². The van der Waals surface area contributed by atoms with Gasteiger partial charge in [0.05, 0.1) is 22.4 Å². The number of benzene rings is 8. The van der Waals surface area contributed by atoms with Gasteiger partial charge in [0.2, 0.25) is 0 Å². The molecule has 3 heterocycles. The second kappa shape index (κ2) is 11.5. The van der Waals surface area contributed by atoms with Crippen LogP contribution in [0.4, 0.5) is 0 Å². The van der Waals surface area contributed by atoms with Gasteiger partial charge >= 0.3 is 0 Å². The highest BCUT2D eigenvalue weighted by molar-refractivity contribution is 7.26. The molecule has 52 heavy (non-hydrogen) atoms. The van der Waals surface area contributed by atoms with E-state index in [1.165, 1.54) is 63.5 Å². The zero-order chi connectivity index (χ0) is 34.2. The minimum atomic E-state index is 0.716. The second-order valence-corrected chi connectivity index (χ2v) is 14.4. The molecular formula is C48H29N3S. The third-order valence-corrected chi connectivity index (χ3v) is 11.5. The Morgan fingerprint density at radius 1 is 0.385 bits per heavy atom. The molecule has 0 bridgehead atoms. The van der Waals surface area contributed by atoms with Crippen LogP contribution >= 0.6 is 11.3 Å². The monoisotopic (exact) mass is 679 g/mol. The fourth-order valence-electron chi connectivity index (χ4n) is 8.09. The number of nitrogens with zero attached hydrogens (tertiary/aromatic N) is 3. The van der Waals surface area contributed by atoms with Gasteiger partial charge < -0.3 is 4.57 Å². The Kier molecular flexibility index (Phi) is 6.42. The highest BCUT2D eigenvalue weighted by atomic mass is 32.1. The van der Waals surface area contributed by atoms with Crippen LogP contribution in [0.1, 0.15) is 0 Å². The number of hydrogen-bond acceptors (Lipinski definition) is 3. The van der Waals surface area contributed by atoms with Crippen LogP contribution in [0.15, 0.2) is 176 Å². The summed E-state index contributed by atoms with van der Waals surface area (Å²) < 4.78 is 5.11. The van der Waals surface area contributed by atoms with Gasteiger partial charge in [0.1, 0.15) is 0 Å². The van der Waals surface area contributed by atoms with Crippen molar-refractivity contribution in [3.63, 3.8) is 0 Å². The third-order valence-electron chi connectivity index (χ3n) is 10.4. The summed E-state index contributed by atoms with van der Waals surface area (Å²) in [4.78, 5) is 10.1. The van der Waals surface area contributed by atoms with Crippen LogP contribution in [-0.2, 0) is 0 Å². The molecule has 0 unspecified atom stereocenters. The Hall–Kier alpha value is -6.62. The molecule has 0 aliphatic rings. The molecule has 0 N–H and O–H groups in total. The highest BCUT2D eigenvalue weighted by Gasteiger charge is 2.22. The Morgan fingerprint density at radius 3 is 1.65 bits per heavy atom. The molecular weight excluding hydrogens is 651 g/mol. The summed E-state index contributed by atoms with van der Waals surface area (Å²) in [6, 6.07) is 62.9. The normalized spacial score (nSPS) is 11.8. The molecule has 0 saturated heterocycles. The fourth-order valence-corrected chi connectivity index (χ4v) is 9.20. The SMILES string of the molecule is c1ccc(-c2cc(-c3ccc(-n4c5ccc6sc7ccccc7c6c5c5c6ccccc6c6ccccc6c54)cc3)nc(-c3ccccc3)n2)cc1. The van der Waals surface area contributed by atoms with E-state index in [-0.39, 0.29) is 0 Å². The first-order valence-corrected chi connectivity index (χ1v) is 18.4. The molecule has 4 heteroatoms. The van der Waals surface area contributed by atoms with Crippen LogP contribution in [0, 0.1) is 0 Å². The minimum Gasteiger partial charge on any atom is -0.309 e. The molecule has 0 aliphatic heterocycles. The molecule has 0 fully saturated rings. The molecule has 3 aromatic heterocycles. The predicted molar refractivity (Wildman–Crippen MR) is 221 cm³/mol. The predicted octanol–water partition coefficient (Wildman–Crippen LogP) is 13.2. The van der Waals surface area contributed by atoms with E-state index in [9.17, 15) is 0 Å². The molecule has 0 atom stereocenters. The highest BCUT2D eigenvalue weighted by Crippen LogP contribution is 2.47.